The molecule has 9 heavy (non-hydrogen) atoms. The van der Waals surface area contributed by atoms with Crippen LogP contribution in [0.1, 0.15) is 20.8 Å². The molecule has 1 rings (SSSR count). The molecule has 0 amide bonds. The summed E-state index contributed by atoms with van der Waals surface area (Å²) in [6.45, 7) is 6.87. The predicted molar refractivity (Wildman–Crippen MR) is 50.9 cm³/mol. The Labute approximate surface area is 69.3 Å². The Morgan fingerprint density at radius 2 is 1.89 bits per heavy atom. The van der Waals surface area contributed by atoms with Gasteiger partial charge in [-0.15, -0.1) is 11.8 Å². The van der Waals surface area contributed by atoms with Crippen LogP contribution in [0.2, 0.25) is 0 Å². The summed E-state index contributed by atoms with van der Waals surface area (Å²) in [4.78, 5) is 0. The summed E-state index contributed by atoms with van der Waals surface area (Å²) in [5.41, 5.74) is 0. The average Bonchev–Trinajstić information content (AvgIpc) is 2.14. The molecule has 1 aliphatic heterocycles. The Balaban J connectivity index is 2.30. The maximum atomic E-state index is 2.29. The van der Waals surface area contributed by atoms with Crippen molar-refractivity contribution in [2.45, 2.75) is 29.9 Å². The third kappa shape index (κ3) is 2.28. The molecule has 0 spiro atoms. The molecule has 3 heteroatoms. The molecule has 1 fully saturated rings. The van der Waals surface area contributed by atoms with Crippen LogP contribution in [0.25, 0.3) is 0 Å². The zero-order chi connectivity index (χ0) is 6.85. The molecule has 1 aliphatic rings. The largest absolute Gasteiger partial charge is 0.131 e. The maximum absolute atomic E-state index is 2.29. The topological polar surface area (TPSA) is 0 Å². The molecule has 0 aliphatic carbocycles. The van der Waals surface area contributed by atoms with E-state index in [1.807, 2.05) is 21.6 Å². The van der Waals surface area contributed by atoms with Crippen molar-refractivity contribution in [2.24, 2.45) is 5.92 Å². The van der Waals surface area contributed by atoms with Crippen LogP contribution in [0.15, 0.2) is 0 Å². The zero-order valence-corrected chi connectivity index (χ0v) is 8.41. The fourth-order valence-corrected chi connectivity index (χ4v) is 6.35. The van der Waals surface area contributed by atoms with Gasteiger partial charge in [0.15, 0.2) is 0 Å². The summed E-state index contributed by atoms with van der Waals surface area (Å²) < 4.78 is 1.65. The van der Waals surface area contributed by atoms with Crippen molar-refractivity contribution in [3.8, 4) is 0 Å². The van der Waals surface area contributed by atoms with Gasteiger partial charge in [0.05, 0.1) is 9.16 Å². The van der Waals surface area contributed by atoms with E-state index in [0.717, 1.165) is 15.1 Å². The molecule has 0 radical (unpaired) electrons. The highest BCUT2D eigenvalue weighted by molar-refractivity contribution is 8.82. The van der Waals surface area contributed by atoms with Crippen LogP contribution in [0.3, 0.4) is 0 Å². The quantitative estimate of drug-likeness (QED) is 0.567. The second kappa shape index (κ2) is 3.44. The van der Waals surface area contributed by atoms with Crippen LogP contribution in [0.5, 0.6) is 0 Å². The lowest BCUT2D eigenvalue weighted by Crippen LogP contribution is -2.02. The van der Waals surface area contributed by atoms with Gasteiger partial charge in [0.1, 0.15) is 0 Å². The summed E-state index contributed by atoms with van der Waals surface area (Å²) in [6.07, 6.45) is 0. The molecule has 0 bridgehead atoms. The van der Waals surface area contributed by atoms with Gasteiger partial charge in [-0.05, 0) is 12.8 Å². The van der Waals surface area contributed by atoms with Gasteiger partial charge in [0.25, 0.3) is 0 Å². The molecule has 0 saturated carbocycles. The number of thioether (sulfide) groups is 1. The molecular formula is C6H12S3. The van der Waals surface area contributed by atoms with Gasteiger partial charge >= 0.3 is 0 Å². The third-order valence-corrected chi connectivity index (χ3v) is 7.26. The van der Waals surface area contributed by atoms with Crippen molar-refractivity contribution in [1.29, 1.82) is 0 Å². The Bertz CT molecular complexity index is 92.3. The number of hydrogen-bond donors (Lipinski definition) is 0. The van der Waals surface area contributed by atoms with Crippen molar-refractivity contribution >= 4 is 33.3 Å². The lowest BCUT2D eigenvalue weighted by Gasteiger charge is -2.09. The molecule has 0 aromatic carbocycles. The van der Waals surface area contributed by atoms with Crippen molar-refractivity contribution in [1.82, 2.24) is 0 Å². The van der Waals surface area contributed by atoms with Crippen LogP contribution >= 0.6 is 33.3 Å². The molecule has 0 aromatic heterocycles. The third-order valence-electron chi connectivity index (χ3n) is 1.16. The molecular weight excluding hydrogens is 168 g/mol. The fourth-order valence-electron chi connectivity index (χ4n) is 0.635. The molecule has 0 nitrogen and oxygen atoms in total. The highest BCUT2D eigenvalue weighted by Gasteiger charge is 2.25. The molecule has 0 N–H and O–H groups in total. The Hall–Kier alpha value is 1.05. The lowest BCUT2D eigenvalue weighted by atomic mass is 10.3. The SMILES string of the molecule is CC1SSC(C(C)C)S1. The van der Waals surface area contributed by atoms with Gasteiger partial charge in [0.2, 0.25) is 0 Å². The maximum Gasteiger partial charge on any atom is 0.0640 e. The average molecular weight is 180 g/mol. The standard InChI is InChI=1S/C6H12S3/c1-4(2)6-7-5(3)8-9-6/h4-6H,1-3H3. The molecule has 0 aromatic rings. The van der Waals surface area contributed by atoms with Gasteiger partial charge < -0.3 is 0 Å². The summed E-state index contributed by atoms with van der Waals surface area (Å²) in [5, 5.41) is 0. The first-order valence-corrected chi connectivity index (χ1v) is 6.39. The Morgan fingerprint density at radius 1 is 1.22 bits per heavy atom. The molecule has 1 heterocycles. The number of rotatable bonds is 1. The summed E-state index contributed by atoms with van der Waals surface area (Å²) in [7, 11) is 4.05. The van der Waals surface area contributed by atoms with Gasteiger partial charge in [0, 0.05) is 0 Å². The van der Waals surface area contributed by atoms with Crippen molar-refractivity contribution in [3.63, 3.8) is 0 Å². The van der Waals surface area contributed by atoms with Crippen LogP contribution in [0.4, 0.5) is 0 Å². The van der Waals surface area contributed by atoms with Crippen molar-refractivity contribution < 1.29 is 0 Å². The monoisotopic (exact) mass is 180 g/mol. The van der Waals surface area contributed by atoms with E-state index in [2.05, 4.69) is 32.5 Å². The minimum absolute atomic E-state index is 0.808. The summed E-state index contributed by atoms with van der Waals surface area (Å²) in [6, 6.07) is 0. The van der Waals surface area contributed by atoms with E-state index in [1.54, 1.807) is 0 Å². The lowest BCUT2D eigenvalue weighted by molar-refractivity contribution is 0.723. The number of hydrogen-bond acceptors (Lipinski definition) is 3. The first kappa shape index (κ1) is 8.15. The van der Waals surface area contributed by atoms with Crippen LogP contribution < -0.4 is 0 Å². The first-order valence-electron chi connectivity index (χ1n) is 3.17. The van der Waals surface area contributed by atoms with Crippen LogP contribution in [-0.2, 0) is 0 Å². The fraction of sp³-hybridized carbons (Fsp3) is 1.00. The molecule has 54 valence electrons. The second-order valence-corrected chi connectivity index (χ2v) is 7.35. The molecule has 1 saturated heterocycles. The smallest absolute Gasteiger partial charge is 0.0640 e. The Morgan fingerprint density at radius 3 is 2.11 bits per heavy atom. The summed E-state index contributed by atoms with van der Waals surface area (Å²) >= 11 is 2.10. The molecule has 2 unspecified atom stereocenters. The first-order chi connectivity index (χ1) is 4.20. The van der Waals surface area contributed by atoms with Crippen LogP contribution in [-0.4, -0.2) is 9.16 Å². The van der Waals surface area contributed by atoms with Gasteiger partial charge in [-0.3, -0.25) is 0 Å². The summed E-state index contributed by atoms with van der Waals surface area (Å²) in [5.74, 6) is 0.831. The minimum Gasteiger partial charge on any atom is -0.131 e. The zero-order valence-electron chi connectivity index (χ0n) is 5.96. The highest BCUT2D eigenvalue weighted by Crippen LogP contribution is 2.53. The molecule has 2 atom stereocenters. The van der Waals surface area contributed by atoms with Crippen molar-refractivity contribution in [3.05, 3.63) is 0 Å². The van der Waals surface area contributed by atoms with Crippen LogP contribution in [0, 0.1) is 5.92 Å². The highest BCUT2D eigenvalue weighted by atomic mass is 33.1. The van der Waals surface area contributed by atoms with E-state index in [4.69, 9.17) is 0 Å². The predicted octanol–water partition coefficient (Wildman–Crippen LogP) is 3.44. The van der Waals surface area contributed by atoms with Gasteiger partial charge in [-0.2, -0.15) is 0 Å². The Kier molecular flexibility index (Phi) is 3.12. The normalized spacial score (nSPS) is 36.0. The van der Waals surface area contributed by atoms with E-state index in [0.29, 0.717) is 0 Å². The van der Waals surface area contributed by atoms with E-state index < -0.39 is 0 Å². The van der Waals surface area contributed by atoms with Gasteiger partial charge in [-0.1, -0.05) is 35.4 Å². The van der Waals surface area contributed by atoms with E-state index >= 15 is 0 Å². The van der Waals surface area contributed by atoms with E-state index in [-0.39, 0.29) is 0 Å². The van der Waals surface area contributed by atoms with Crippen molar-refractivity contribution in [2.75, 3.05) is 0 Å². The second-order valence-electron chi connectivity index (χ2n) is 2.51. The minimum atomic E-state index is 0.808. The van der Waals surface area contributed by atoms with Gasteiger partial charge in [-0.25, -0.2) is 0 Å². The van der Waals surface area contributed by atoms with E-state index in [9.17, 15) is 0 Å². The van der Waals surface area contributed by atoms with E-state index in [1.165, 1.54) is 0 Å².